The van der Waals surface area contributed by atoms with Crippen LogP contribution in [-0.2, 0) is 4.74 Å². The highest BCUT2D eigenvalue weighted by atomic mass is 16.5. The first-order valence-corrected chi connectivity index (χ1v) is 6.80. The van der Waals surface area contributed by atoms with Crippen LogP contribution >= 0.6 is 0 Å². The molecule has 1 unspecified atom stereocenters. The SMILES string of the molecule is CNC1CCN(C(C)C2CCOCC2)CC1. The summed E-state index contributed by atoms with van der Waals surface area (Å²) in [7, 11) is 2.09. The van der Waals surface area contributed by atoms with E-state index in [4.69, 9.17) is 4.74 Å². The highest BCUT2D eigenvalue weighted by Crippen LogP contribution is 2.24. The van der Waals surface area contributed by atoms with Gasteiger partial charge < -0.3 is 15.0 Å². The van der Waals surface area contributed by atoms with E-state index in [1.807, 2.05) is 0 Å². The minimum Gasteiger partial charge on any atom is -0.381 e. The van der Waals surface area contributed by atoms with Crippen LogP contribution in [0.3, 0.4) is 0 Å². The second kappa shape index (κ2) is 5.99. The topological polar surface area (TPSA) is 24.5 Å². The maximum atomic E-state index is 5.44. The number of nitrogens with one attached hydrogen (secondary N) is 1. The molecule has 2 aliphatic heterocycles. The van der Waals surface area contributed by atoms with Crippen LogP contribution in [0, 0.1) is 5.92 Å². The summed E-state index contributed by atoms with van der Waals surface area (Å²) in [5.74, 6) is 0.861. The molecule has 94 valence electrons. The Hall–Kier alpha value is -0.120. The number of nitrogens with zero attached hydrogens (tertiary/aromatic N) is 1. The van der Waals surface area contributed by atoms with Crippen molar-refractivity contribution in [2.75, 3.05) is 33.4 Å². The molecular formula is C13H26N2O. The quantitative estimate of drug-likeness (QED) is 0.789. The Morgan fingerprint density at radius 1 is 1.12 bits per heavy atom. The lowest BCUT2D eigenvalue weighted by Gasteiger charge is -2.40. The van der Waals surface area contributed by atoms with Gasteiger partial charge in [0.2, 0.25) is 0 Å². The van der Waals surface area contributed by atoms with Gasteiger partial charge in [0.25, 0.3) is 0 Å². The van der Waals surface area contributed by atoms with E-state index in [0.717, 1.165) is 31.2 Å². The smallest absolute Gasteiger partial charge is 0.0469 e. The summed E-state index contributed by atoms with van der Waals surface area (Å²) in [6.07, 6.45) is 5.13. The van der Waals surface area contributed by atoms with Gasteiger partial charge in [0.05, 0.1) is 0 Å². The minimum atomic E-state index is 0.748. The number of rotatable bonds is 3. The monoisotopic (exact) mass is 226 g/mol. The standard InChI is InChI=1S/C13H26N2O/c1-11(12-5-9-16-10-6-12)15-7-3-13(14-2)4-8-15/h11-14H,3-10H2,1-2H3. The van der Waals surface area contributed by atoms with Crippen LogP contribution in [0.1, 0.15) is 32.6 Å². The number of likely N-dealkylation sites (tertiary alicyclic amines) is 1. The first-order chi connectivity index (χ1) is 7.81. The molecule has 3 nitrogen and oxygen atoms in total. The third kappa shape index (κ3) is 2.96. The van der Waals surface area contributed by atoms with E-state index in [1.54, 1.807) is 0 Å². The van der Waals surface area contributed by atoms with Crippen LogP contribution in [0.4, 0.5) is 0 Å². The van der Waals surface area contributed by atoms with Crippen molar-refractivity contribution in [1.82, 2.24) is 10.2 Å². The van der Waals surface area contributed by atoms with Crippen molar-refractivity contribution >= 4 is 0 Å². The van der Waals surface area contributed by atoms with Gasteiger partial charge in [-0.05, 0) is 58.7 Å². The molecule has 2 rings (SSSR count). The average molecular weight is 226 g/mol. The summed E-state index contributed by atoms with van der Waals surface area (Å²) in [6, 6.07) is 1.50. The fourth-order valence-electron chi connectivity index (χ4n) is 3.09. The summed E-state index contributed by atoms with van der Waals surface area (Å²) in [5, 5.41) is 3.40. The molecule has 2 heterocycles. The molecule has 2 saturated heterocycles. The van der Waals surface area contributed by atoms with Gasteiger partial charge in [0.1, 0.15) is 0 Å². The maximum Gasteiger partial charge on any atom is 0.0469 e. The van der Waals surface area contributed by atoms with Gasteiger partial charge in [-0.15, -0.1) is 0 Å². The Kier molecular flexibility index (Phi) is 4.62. The van der Waals surface area contributed by atoms with Crippen LogP contribution in [0.15, 0.2) is 0 Å². The molecule has 0 spiro atoms. The molecular weight excluding hydrogens is 200 g/mol. The summed E-state index contributed by atoms with van der Waals surface area (Å²) in [6.45, 7) is 6.90. The van der Waals surface area contributed by atoms with E-state index < -0.39 is 0 Å². The first kappa shape index (κ1) is 12.3. The number of piperidine rings is 1. The zero-order valence-electron chi connectivity index (χ0n) is 10.7. The molecule has 2 fully saturated rings. The highest BCUT2D eigenvalue weighted by molar-refractivity contribution is 4.83. The van der Waals surface area contributed by atoms with Crippen molar-refractivity contribution in [3.8, 4) is 0 Å². The number of ether oxygens (including phenoxy) is 1. The molecule has 0 saturated carbocycles. The van der Waals surface area contributed by atoms with Gasteiger partial charge in [0, 0.05) is 25.3 Å². The Labute approximate surface area is 99.5 Å². The summed E-state index contributed by atoms with van der Waals surface area (Å²) >= 11 is 0. The second-order valence-electron chi connectivity index (χ2n) is 5.29. The lowest BCUT2D eigenvalue weighted by atomic mass is 9.90. The van der Waals surface area contributed by atoms with Gasteiger partial charge in [-0.25, -0.2) is 0 Å². The van der Waals surface area contributed by atoms with Crippen molar-refractivity contribution < 1.29 is 4.74 Å². The van der Waals surface area contributed by atoms with Crippen LogP contribution in [0.25, 0.3) is 0 Å². The van der Waals surface area contributed by atoms with E-state index in [0.29, 0.717) is 0 Å². The lowest BCUT2D eigenvalue weighted by molar-refractivity contribution is 0.0231. The fraction of sp³-hybridized carbons (Fsp3) is 1.00. The molecule has 16 heavy (non-hydrogen) atoms. The van der Waals surface area contributed by atoms with E-state index in [2.05, 4.69) is 24.2 Å². The third-order valence-electron chi connectivity index (χ3n) is 4.46. The maximum absolute atomic E-state index is 5.44. The van der Waals surface area contributed by atoms with Gasteiger partial charge in [0.15, 0.2) is 0 Å². The second-order valence-corrected chi connectivity index (χ2v) is 5.29. The molecule has 0 aromatic carbocycles. The Morgan fingerprint density at radius 3 is 2.31 bits per heavy atom. The Morgan fingerprint density at radius 2 is 1.75 bits per heavy atom. The zero-order valence-corrected chi connectivity index (χ0v) is 10.7. The molecule has 0 aliphatic carbocycles. The zero-order chi connectivity index (χ0) is 11.4. The summed E-state index contributed by atoms with van der Waals surface area (Å²) in [5.41, 5.74) is 0. The Balaban J connectivity index is 1.78. The molecule has 0 radical (unpaired) electrons. The van der Waals surface area contributed by atoms with E-state index in [9.17, 15) is 0 Å². The average Bonchev–Trinajstić information content (AvgIpc) is 2.39. The van der Waals surface area contributed by atoms with Crippen molar-refractivity contribution in [1.29, 1.82) is 0 Å². The minimum absolute atomic E-state index is 0.748. The largest absolute Gasteiger partial charge is 0.381 e. The van der Waals surface area contributed by atoms with E-state index in [-0.39, 0.29) is 0 Å². The molecule has 3 heteroatoms. The Bertz CT molecular complexity index is 196. The highest BCUT2D eigenvalue weighted by Gasteiger charge is 2.28. The summed E-state index contributed by atoms with van der Waals surface area (Å²) in [4.78, 5) is 2.68. The molecule has 0 aromatic heterocycles. The van der Waals surface area contributed by atoms with Gasteiger partial charge in [-0.3, -0.25) is 0 Å². The fourth-order valence-corrected chi connectivity index (χ4v) is 3.09. The lowest BCUT2D eigenvalue weighted by Crippen LogP contribution is -2.48. The molecule has 1 atom stereocenters. The third-order valence-corrected chi connectivity index (χ3v) is 4.46. The van der Waals surface area contributed by atoms with Gasteiger partial charge in [-0.1, -0.05) is 0 Å². The van der Waals surface area contributed by atoms with E-state index in [1.165, 1.54) is 38.8 Å². The number of hydrogen-bond acceptors (Lipinski definition) is 3. The predicted octanol–water partition coefficient (Wildman–Crippen LogP) is 1.49. The van der Waals surface area contributed by atoms with Crippen LogP contribution in [0.5, 0.6) is 0 Å². The molecule has 1 N–H and O–H groups in total. The van der Waals surface area contributed by atoms with Crippen molar-refractivity contribution in [2.24, 2.45) is 5.92 Å². The molecule has 0 aromatic rings. The van der Waals surface area contributed by atoms with E-state index >= 15 is 0 Å². The molecule has 0 bridgehead atoms. The molecule has 2 aliphatic rings. The summed E-state index contributed by atoms with van der Waals surface area (Å²) < 4.78 is 5.44. The normalized spacial score (nSPS) is 28.1. The predicted molar refractivity (Wildman–Crippen MR) is 66.7 cm³/mol. The van der Waals surface area contributed by atoms with Crippen molar-refractivity contribution in [2.45, 2.75) is 44.7 Å². The van der Waals surface area contributed by atoms with Crippen molar-refractivity contribution in [3.63, 3.8) is 0 Å². The first-order valence-electron chi connectivity index (χ1n) is 6.80. The van der Waals surface area contributed by atoms with Crippen LogP contribution in [-0.4, -0.2) is 50.3 Å². The molecule has 0 amide bonds. The van der Waals surface area contributed by atoms with Crippen molar-refractivity contribution in [3.05, 3.63) is 0 Å². The van der Waals surface area contributed by atoms with Gasteiger partial charge in [-0.2, -0.15) is 0 Å². The van der Waals surface area contributed by atoms with Crippen LogP contribution < -0.4 is 5.32 Å². The van der Waals surface area contributed by atoms with Gasteiger partial charge >= 0.3 is 0 Å². The number of hydrogen-bond donors (Lipinski definition) is 1. The van der Waals surface area contributed by atoms with Crippen LogP contribution in [0.2, 0.25) is 0 Å².